The normalized spacial score (nSPS) is 14.2. The van der Waals surface area contributed by atoms with E-state index in [1.165, 1.54) is 0 Å². The molecule has 0 radical (unpaired) electrons. The van der Waals surface area contributed by atoms with Crippen LogP contribution in [0.2, 0.25) is 0 Å². The summed E-state index contributed by atoms with van der Waals surface area (Å²) in [5.74, 6) is 1.14. The van der Waals surface area contributed by atoms with Gasteiger partial charge in [0, 0.05) is 19.3 Å². The summed E-state index contributed by atoms with van der Waals surface area (Å²) in [6.45, 7) is 11.6. The number of methoxy groups -OCH3 is 3. The molecular formula is C54H84N3O10P. The number of amides is 3. The minimum absolute atomic E-state index is 0.186. The molecule has 68 heavy (non-hydrogen) atoms. The summed E-state index contributed by atoms with van der Waals surface area (Å²) in [7, 11) is -0.0513. The molecule has 0 heterocycles. The van der Waals surface area contributed by atoms with Gasteiger partial charge in [-0.3, -0.25) is 28.0 Å². The topological polar surface area (TPSA) is 160 Å². The second kappa shape index (κ2) is 32.4. The first-order valence-electron chi connectivity index (χ1n) is 25.2. The highest BCUT2D eigenvalue weighted by molar-refractivity contribution is 7.48. The number of benzene rings is 3. The van der Waals surface area contributed by atoms with E-state index in [9.17, 15) is 14.4 Å². The molecule has 3 aromatic rings. The Hall–Kier alpha value is -4.42. The Morgan fingerprint density at radius 3 is 0.956 bits per heavy atom. The van der Waals surface area contributed by atoms with Crippen molar-refractivity contribution in [2.24, 2.45) is 0 Å². The molecule has 0 saturated carbocycles. The lowest BCUT2D eigenvalue weighted by Crippen LogP contribution is -2.39. The molecule has 0 aliphatic heterocycles. The van der Waals surface area contributed by atoms with E-state index < -0.39 is 44.3 Å². The number of ether oxygens (including phenoxy) is 3. The van der Waals surface area contributed by atoms with Gasteiger partial charge in [0.1, 0.15) is 17.2 Å². The lowest BCUT2D eigenvalue weighted by molar-refractivity contribution is -0.123. The SMILES string of the molecule is CCCCCCCC(=O)N[C@@H](c1cccc(OC)c1)[C@H](C)OP(=O)(O[C@@H](C)[C@@H](NC(=O)CCCCCCC)c1cccc(OC)c1)O[C@@H](C)[C@@H](NC(=O)CCCCCCC)c1cccc(OC)c1. The van der Waals surface area contributed by atoms with E-state index in [0.29, 0.717) is 53.2 Å². The van der Waals surface area contributed by atoms with Crippen LogP contribution < -0.4 is 30.2 Å². The lowest BCUT2D eigenvalue weighted by Gasteiger charge is -2.35. The number of nitrogens with one attached hydrogen (secondary N) is 3. The molecule has 0 unspecified atom stereocenters. The van der Waals surface area contributed by atoms with Crippen LogP contribution in [0.15, 0.2) is 72.8 Å². The van der Waals surface area contributed by atoms with Gasteiger partial charge in [-0.2, -0.15) is 0 Å². The van der Waals surface area contributed by atoms with Gasteiger partial charge in [0.05, 0.1) is 57.8 Å². The second-order valence-electron chi connectivity index (χ2n) is 17.8. The number of phosphoric acid groups is 1. The van der Waals surface area contributed by atoms with Crippen LogP contribution in [-0.2, 0) is 32.5 Å². The number of carbonyl (C=O) groups excluding carboxylic acids is 3. The average Bonchev–Trinajstić information content (AvgIpc) is 3.33. The van der Waals surface area contributed by atoms with Crippen LogP contribution in [0.5, 0.6) is 17.2 Å². The third-order valence-electron chi connectivity index (χ3n) is 12.1. The minimum Gasteiger partial charge on any atom is -0.497 e. The van der Waals surface area contributed by atoms with Gasteiger partial charge in [0.2, 0.25) is 17.7 Å². The fraction of sp³-hybridized carbons (Fsp3) is 0.611. The number of hydrogen-bond acceptors (Lipinski definition) is 10. The maximum Gasteiger partial charge on any atom is 0.475 e. The van der Waals surface area contributed by atoms with E-state index in [1.807, 2.05) is 36.4 Å². The molecule has 3 rings (SSSR count). The monoisotopic (exact) mass is 966 g/mol. The third kappa shape index (κ3) is 21.1. The highest BCUT2D eigenvalue weighted by Crippen LogP contribution is 2.56. The van der Waals surface area contributed by atoms with Gasteiger partial charge in [-0.1, -0.05) is 134 Å². The predicted octanol–water partition coefficient (Wildman–Crippen LogP) is 13.0. The zero-order valence-electron chi connectivity index (χ0n) is 42.6. The van der Waals surface area contributed by atoms with Crippen molar-refractivity contribution in [2.75, 3.05) is 21.3 Å². The van der Waals surface area contributed by atoms with E-state index in [4.69, 9.17) is 27.8 Å². The van der Waals surface area contributed by atoms with Gasteiger partial charge >= 0.3 is 7.82 Å². The molecule has 13 nitrogen and oxygen atoms in total. The zero-order chi connectivity index (χ0) is 49.7. The van der Waals surface area contributed by atoms with E-state index in [2.05, 4.69) is 36.7 Å². The van der Waals surface area contributed by atoms with Gasteiger partial charge in [0.25, 0.3) is 0 Å². The Morgan fingerprint density at radius 1 is 0.441 bits per heavy atom. The summed E-state index contributed by atoms with van der Waals surface area (Å²) in [5, 5.41) is 9.45. The summed E-state index contributed by atoms with van der Waals surface area (Å²) in [5.41, 5.74) is 1.97. The molecule has 0 fully saturated rings. The van der Waals surface area contributed by atoms with Crippen molar-refractivity contribution in [3.63, 3.8) is 0 Å². The van der Waals surface area contributed by atoms with Crippen LogP contribution >= 0.6 is 7.82 Å². The minimum atomic E-state index is -4.75. The number of carbonyl (C=O) groups is 3. The molecule has 3 amide bonds. The van der Waals surface area contributed by atoms with Crippen molar-refractivity contribution in [1.82, 2.24) is 16.0 Å². The van der Waals surface area contributed by atoms with Gasteiger partial charge in [-0.05, 0) is 93.1 Å². The molecule has 0 bridgehead atoms. The average molecular weight is 966 g/mol. The molecular weight excluding hydrogens is 882 g/mol. The summed E-state index contributed by atoms with van der Waals surface area (Å²) in [4.78, 5) is 41.0. The van der Waals surface area contributed by atoms with Crippen molar-refractivity contribution < 1.29 is 46.7 Å². The Kier molecular flexibility index (Phi) is 27.6. The number of hydrogen-bond donors (Lipinski definition) is 3. The Balaban J connectivity index is 2.11. The first-order valence-corrected chi connectivity index (χ1v) is 26.7. The van der Waals surface area contributed by atoms with E-state index in [1.54, 1.807) is 78.5 Å². The van der Waals surface area contributed by atoms with Crippen molar-refractivity contribution in [2.45, 2.75) is 194 Å². The van der Waals surface area contributed by atoms with Crippen LogP contribution in [0.4, 0.5) is 0 Å². The quantitative estimate of drug-likeness (QED) is 0.0378. The van der Waals surface area contributed by atoms with Crippen molar-refractivity contribution in [3.05, 3.63) is 89.5 Å². The number of unbranched alkanes of at least 4 members (excludes halogenated alkanes) is 12. The van der Waals surface area contributed by atoms with Crippen LogP contribution in [0.25, 0.3) is 0 Å². The highest BCUT2D eigenvalue weighted by atomic mass is 31.2. The van der Waals surface area contributed by atoms with E-state index in [-0.39, 0.29) is 17.7 Å². The fourth-order valence-corrected chi connectivity index (χ4v) is 9.93. The molecule has 0 aliphatic rings. The third-order valence-corrected chi connectivity index (χ3v) is 13.9. The van der Waals surface area contributed by atoms with Crippen molar-refractivity contribution in [1.29, 1.82) is 0 Å². The maximum absolute atomic E-state index is 15.8. The van der Waals surface area contributed by atoms with E-state index >= 15 is 4.57 Å². The Bertz CT molecular complexity index is 1750. The standard InChI is InChI=1S/C54H84N3O10P/c1-10-13-16-19-22-34-49(58)55-52(43-28-25-31-46(37-43)62-7)40(4)65-68(61,66-41(5)53(44-29-26-32-47(38-44)63-8)56-50(59)35-23-20-17-14-11-2)67-42(6)54(45-30-27-33-48(39-45)64-9)57-51(60)36-24-21-18-15-12-3/h25-33,37-42,52-54H,10-24,34-36H2,1-9H3,(H,55,58)(H,56,59)(H,57,60)/t40-,41-,42-,52+,53+,54+/m0/s1. The van der Waals surface area contributed by atoms with E-state index in [0.717, 1.165) is 96.3 Å². The summed E-state index contributed by atoms with van der Waals surface area (Å²) < 4.78 is 52.3. The second-order valence-corrected chi connectivity index (χ2v) is 19.4. The smallest absolute Gasteiger partial charge is 0.475 e. The number of phosphoric ester groups is 1. The first kappa shape index (κ1) is 57.9. The van der Waals surface area contributed by atoms with Crippen LogP contribution in [0.3, 0.4) is 0 Å². The molecule has 3 aromatic carbocycles. The van der Waals surface area contributed by atoms with Crippen molar-refractivity contribution >= 4 is 25.5 Å². The van der Waals surface area contributed by atoms with Crippen LogP contribution in [0, 0.1) is 0 Å². The highest BCUT2D eigenvalue weighted by Gasteiger charge is 2.41. The summed E-state index contributed by atoms with van der Waals surface area (Å²) >= 11 is 0. The molecule has 0 saturated heterocycles. The van der Waals surface area contributed by atoms with Gasteiger partial charge in [-0.25, -0.2) is 4.57 Å². The van der Waals surface area contributed by atoms with Crippen LogP contribution in [-0.4, -0.2) is 57.4 Å². The molecule has 0 aliphatic carbocycles. The molecule has 6 atom stereocenters. The largest absolute Gasteiger partial charge is 0.497 e. The fourth-order valence-electron chi connectivity index (χ4n) is 8.19. The van der Waals surface area contributed by atoms with Crippen LogP contribution in [0.1, 0.15) is 192 Å². The molecule has 0 spiro atoms. The molecule has 14 heteroatoms. The Labute approximate surface area is 408 Å². The summed E-state index contributed by atoms with van der Waals surface area (Å²) in [6.07, 6.45) is 12.6. The molecule has 380 valence electrons. The lowest BCUT2D eigenvalue weighted by atomic mass is 10.0. The predicted molar refractivity (Wildman–Crippen MR) is 271 cm³/mol. The van der Waals surface area contributed by atoms with Gasteiger partial charge in [0.15, 0.2) is 0 Å². The zero-order valence-corrected chi connectivity index (χ0v) is 43.5. The van der Waals surface area contributed by atoms with Crippen molar-refractivity contribution in [3.8, 4) is 17.2 Å². The first-order chi connectivity index (χ1) is 32.8. The molecule has 3 N–H and O–H groups in total. The molecule has 0 aromatic heterocycles. The number of rotatable bonds is 36. The van der Waals surface area contributed by atoms with Gasteiger partial charge in [-0.15, -0.1) is 0 Å². The maximum atomic E-state index is 15.8. The summed E-state index contributed by atoms with van der Waals surface area (Å²) in [6, 6.07) is 19.4. The van der Waals surface area contributed by atoms with Gasteiger partial charge < -0.3 is 30.2 Å². The Morgan fingerprint density at radius 2 is 0.706 bits per heavy atom.